The third kappa shape index (κ3) is 5.36. The lowest BCUT2D eigenvalue weighted by atomic mass is 9.90. The van der Waals surface area contributed by atoms with E-state index in [0.717, 1.165) is 11.1 Å². The van der Waals surface area contributed by atoms with Gasteiger partial charge in [0.05, 0.1) is 19.3 Å². The van der Waals surface area contributed by atoms with Crippen molar-refractivity contribution in [3.63, 3.8) is 0 Å². The molecule has 3 atom stereocenters. The number of methoxy groups -OCH3 is 1. The zero-order valence-electron chi connectivity index (χ0n) is 20.9. The number of anilines is 1. The van der Waals surface area contributed by atoms with Gasteiger partial charge in [0.1, 0.15) is 22.4 Å². The number of halogens is 1. The summed E-state index contributed by atoms with van der Waals surface area (Å²) in [4.78, 5) is 31.5. The zero-order valence-corrected chi connectivity index (χ0v) is 21.7. The minimum absolute atomic E-state index is 0.00341. The highest BCUT2D eigenvalue weighted by molar-refractivity contribution is 8.00. The fourth-order valence-electron chi connectivity index (χ4n) is 4.57. The molecule has 3 aromatic carbocycles. The van der Waals surface area contributed by atoms with E-state index in [0.29, 0.717) is 16.8 Å². The molecule has 0 aliphatic carbocycles. The number of amides is 1. The van der Waals surface area contributed by atoms with Crippen LogP contribution in [0.4, 0.5) is 10.1 Å². The van der Waals surface area contributed by atoms with E-state index in [9.17, 15) is 24.2 Å². The predicted molar refractivity (Wildman–Crippen MR) is 147 cm³/mol. The van der Waals surface area contributed by atoms with Crippen molar-refractivity contribution < 1.29 is 28.9 Å². The Morgan fingerprint density at radius 3 is 2.49 bits per heavy atom. The predicted octanol–water partition coefficient (Wildman–Crippen LogP) is 5.30. The van der Waals surface area contributed by atoms with E-state index < -0.39 is 29.2 Å². The molecule has 9 heteroatoms. The van der Waals surface area contributed by atoms with Gasteiger partial charge in [-0.25, -0.2) is 9.18 Å². The van der Waals surface area contributed by atoms with Crippen LogP contribution in [0.3, 0.4) is 0 Å². The van der Waals surface area contributed by atoms with E-state index in [1.54, 1.807) is 23.4 Å². The van der Waals surface area contributed by atoms with Crippen LogP contribution in [0.5, 0.6) is 5.75 Å². The third-order valence-electron chi connectivity index (χ3n) is 6.64. The molecule has 0 bridgehead atoms. The summed E-state index contributed by atoms with van der Waals surface area (Å²) in [6.45, 7) is 0. The molecular weight excluding hydrogens is 519 g/mol. The van der Waals surface area contributed by atoms with Gasteiger partial charge in [0.15, 0.2) is 0 Å². The summed E-state index contributed by atoms with van der Waals surface area (Å²) in [5, 5.41) is 20.3. The SMILES string of the molecule is COC(=O)c1cc([C@@H]2[C@@H](SC[C@H](O)c3ccc(F)cc3)C(=O)N2c2ccc(-c3cccnc3)cc2)ccc1O. The maximum absolute atomic E-state index is 13.5. The average Bonchev–Trinajstić information content (AvgIpc) is 2.97. The molecule has 0 unspecified atom stereocenters. The van der Waals surface area contributed by atoms with Gasteiger partial charge in [-0.1, -0.05) is 36.4 Å². The lowest BCUT2D eigenvalue weighted by Gasteiger charge is -2.47. The maximum Gasteiger partial charge on any atom is 0.341 e. The van der Waals surface area contributed by atoms with Crippen molar-refractivity contribution in [2.75, 3.05) is 17.8 Å². The van der Waals surface area contributed by atoms with Gasteiger partial charge in [0.2, 0.25) is 5.91 Å². The highest BCUT2D eigenvalue weighted by atomic mass is 32.2. The number of carbonyl (C=O) groups excluding carboxylic acids is 2. The van der Waals surface area contributed by atoms with E-state index in [1.165, 1.54) is 55.3 Å². The molecule has 1 aliphatic rings. The highest BCUT2D eigenvalue weighted by Crippen LogP contribution is 2.47. The summed E-state index contributed by atoms with van der Waals surface area (Å²) in [6.07, 6.45) is 2.56. The van der Waals surface area contributed by atoms with Gasteiger partial charge in [-0.15, -0.1) is 11.8 Å². The number of aromatic hydroxyl groups is 1. The molecule has 1 amide bonds. The van der Waals surface area contributed by atoms with Gasteiger partial charge in [-0.3, -0.25) is 9.78 Å². The van der Waals surface area contributed by atoms with Crippen molar-refractivity contribution in [3.05, 3.63) is 114 Å². The van der Waals surface area contributed by atoms with Crippen molar-refractivity contribution in [1.29, 1.82) is 0 Å². The summed E-state index contributed by atoms with van der Waals surface area (Å²) < 4.78 is 18.1. The number of aromatic nitrogens is 1. The molecule has 1 saturated heterocycles. The number of esters is 1. The lowest BCUT2D eigenvalue weighted by Crippen LogP contribution is -2.57. The van der Waals surface area contributed by atoms with Gasteiger partial charge in [0.25, 0.3) is 0 Å². The number of β-lactam (4-membered cyclic amide) rings is 1. The monoisotopic (exact) mass is 544 g/mol. The smallest absolute Gasteiger partial charge is 0.341 e. The first-order valence-electron chi connectivity index (χ1n) is 12.2. The molecule has 1 aromatic heterocycles. The molecule has 2 N–H and O–H groups in total. The molecule has 0 radical (unpaired) electrons. The van der Waals surface area contributed by atoms with Crippen LogP contribution >= 0.6 is 11.8 Å². The largest absolute Gasteiger partial charge is 0.507 e. The van der Waals surface area contributed by atoms with Crippen LogP contribution in [0.1, 0.15) is 33.6 Å². The topological polar surface area (TPSA) is 100.0 Å². The Balaban J connectivity index is 1.44. The number of carbonyl (C=O) groups is 2. The molecule has 1 fully saturated rings. The highest BCUT2D eigenvalue weighted by Gasteiger charge is 2.49. The van der Waals surface area contributed by atoms with E-state index in [1.807, 2.05) is 36.4 Å². The van der Waals surface area contributed by atoms with Crippen molar-refractivity contribution in [1.82, 2.24) is 4.98 Å². The quantitative estimate of drug-likeness (QED) is 0.229. The Kier molecular flexibility index (Phi) is 7.63. The van der Waals surface area contributed by atoms with Gasteiger partial charge < -0.3 is 19.8 Å². The first-order chi connectivity index (χ1) is 18.9. The van der Waals surface area contributed by atoms with Gasteiger partial charge in [-0.2, -0.15) is 0 Å². The van der Waals surface area contributed by atoms with Crippen LogP contribution in [0, 0.1) is 5.82 Å². The van der Waals surface area contributed by atoms with Gasteiger partial charge in [-0.05, 0) is 64.7 Å². The van der Waals surface area contributed by atoms with Crippen molar-refractivity contribution in [3.8, 4) is 16.9 Å². The Morgan fingerprint density at radius 2 is 1.82 bits per heavy atom. The maximum atomic E-state index is 13.5. The molecule has 39 heavy (non-hydrogen) atoms. The Labute approximate surface area is 228 Å². The average molecular weight is 545 g/mol. The van der Waals surface area contributed by atoms with Crippen molar-refractivity contribution in [2.24, 2.45) is 0 Å². The number of phenols is 1. The molecule has 4 aromatic rings. The van der Waals surface area contributed by atoms with Gasteiger partial charge >= 0.3 is 5.97 Å². The number of hydrogen-bond donors (Lipinski definition) is 2. The summed E-state index contributed by atoms with van der Waals surface area (Å²) >= 11 is 1.28. The third-order valence-corrected chi connectivity index (χ3v) is 7.97. The van der Waals surface area contributed by atoms with Crippen molar-refractivity contribution in [2.45, 2.75) is 17.4 Å². The normalized spacial score (nSPS) is 17.4. The number of aliphatic hydroxyl groups is 1. The van der Waals surface area contributed by atoms with E-state index >= 15 is 0 Å². The van der Waals surface area contributed by atoms with Crippen LogP contribution < -0.4 is 4.90 Å². The number of benzene rings is 3. The fourth-order valence-corrected chi connectivity index (χ4v) is 5.87. The number of rotatable bonds is 8. The van der Waals surface area contributed by atoms with E-state index in [4.69, 9.17) is 4.74 Å². The van der Waals surface area contributed by atoms with E-state index in [-0.39, 0.29) is 23.0 Å². The summed E-state index contributed by atoms with van der Waals surface area (Å²) in [6, 6.07) is 21.0. The second kappa shape index (κ2) is 11.3. The molecule has 0 saturated carbocycles. The second-order valence-electron chi connectivity index (χ2n) is 9.03. The molecule has 0 spiro atoms. The van der Waals surface area contributed by atoms with Crippen LogP contribution in [0.15, 0.2) is 91.3 Å². The number of phenolic OH excluding ortho intramolecular Hbond substituents is 1. The number of hydrogen-bond acceptors (Lipinski definition) is 7. The first-order valence-corrected chi connectivity index (χ1v) is 13.2. The zero-order chi connectivity index (χ0) is 27.5. The summed E-state index contributed by atoms with van der Waals surface area (Å²) in [5.74, 6) is -1.26. The Bertz CT molecular complexity index is 1480. The van der Waals surface area contributed by atoms with E-state index in [2.05, 4.69) is 4.98 Å². The number of ether oxygens (including phenoxy) is 1. The standard InChI is InChI=1S/C30H25FN2O5S/c1-38-30(37)24-15-20(8-13-25(24)34)27-28(39-17-26(35)19-4-9-22(31)10-5-19)29(36)33(27)23-11-6-18(7-12-23)21-3-2-14-32-16-21/h2-16,26-28,34-35H,17H2,1H3/t26-,27+,28+/m0/s1. The van der Waals surface area contributed by atoms with Crippen LogP contribution in [0.25, 0.3) is 11.1 Å². The Morgan fingerprint density at radius 1 is 1.08 bits per heavy atom. The van der Waals surface area contributed by atoms with Crippen LogP contribution in [0.2, 0.25) is 0 Å². The van der Waals surface area contributed by atoms with Crippen LogP contribution in [-0.2, 0) is 9.53 Å². The number of aliphatic hydroxyl groups excluding tert-OH is 1. The Hall–Kier alpha value is -4.21. The second-order valence-corrected chi connectivity index (χ2v) is 10.2. The minimum Gasteiger partial charge on any atom is -0.507 e. The molecule has 1 aliphatic heterocycles. The van der Waals surface area contributed by atoms with Crippen LogP contribution in [-0.4, -0.2) is 45.2 Å². The molecule has 2 heterocycles. The number of thioether (sulfide) groups is 1. The number of nitrogens with zero attached hydrogens (tertiary/aromatic N) is 2. The molecule has 7 nitrogen and oxygen atoms in total. The molecular formula is C30H25FN2O5S. The summed E-state index contributed by atoms with van der Waals surface area (Å²) in [5.41, 5.74) is 3.74. The minimum atomic E-state index is -0.901. The van der Waals surface area contributed by atoms with Crippen molar-refractivity contribution >= 4 is 29.3 Å². The van der Waals surface area contributed by atoms with Gasteiger partial charge in [0, 0.05) is 23.8 Å². The summed E-state index contributed by atoms with van der Waals surface area (Å²) in [7, 11) is 1.23. The molecule has 198 valence electrons. The lowest BCUT2D eigenvalue weighted by molar-refractivity contribution is -0.123. The fraction of sp³-hybridized carbons (Fsp3) is 0.167. The molecule has 5 rings (SSSR count). The number of pyridine rings is 1. The first kappa shape index (κ1) is 26.4.